The second-order valence-corrected chi connectivity index (χ2v) is 10.1. The van der Waals surface area contributed by atoms with Crippen molar-refractivity contribution in [1.29, 1.82) is 0 Å². The highest BCUT2D eigenvalue weighted by atomic mass is 16.6. The smallest absolute Gasteiger partial charge is 0.407 e. The molecule has 2 aromatic carbocycles. The van der Waals surface area contributed by atoms with Crippen molar-refractivity contribution >= 4 is 12.0 Å². The summed E-state index contributed by atoms with van der Waals surface area (Å²) in [6.07, 6.45) is 1.46. The molecule has 198 valence electrons. The second-order valence-electron chi connectivity index (χ2n) is 10.1. The Hall–Kier alpha value is -4.01. The molecule has 0 bridgehead atoms. The van der Waals surface area contributed by atoms with E-state index in [-0.39, 0.29) is 23.6 Å². The van der Waals surface area contributed by atoms with E-state index >= 15 is 0 Å². The molecule has 0 spiro atoms. The van der Waals surface area contributed by atoms with Crippen LogP contribution in [0.3, 0.4) is 0 Å². The van der Waals surface area contributed by atoms with Crippen molar-refractivity contribution in [1.82, 2.24) is 10.3 Å². The van der Waals surface area contributed by atoms with E-state index in [4.69, 9.17) is 24.4 Å². The van der Waals surface area contributed by atoms with Gasteiger partial charge in [0.15, 0.2) is 12.3 Å². The van der Waals surface area contributed by atoms with Crippen molar-refractivity contribution in [3.8, 4) is 11.5 Å². The summed E-state index contributed by atoms with van der Waals surface area (Å²) in [5.41, 5.74) is 6.75. The van der Waals surface area contributed by atoms with E-state index in [2.05, 4.69) is 36.3 Å². The van der Waals surface area contributed by atoms with Gasteiger partial charge in [0.1, 0.15) is 23.4 Å². The van der Waals surface area contributed by atoms with E-state index in [0.717, 1.165) is 16.9 Å². The highest BCUT2D eigenvalue weighted by molar-refractivity contribution is 5.90. The summed E-state index contributed by atoms with van der Waals surface area (Å²) >= 11 is 0. The van der Waals surface area contributed by atoms with E-state index in [1.165, 1.54) is 6.26 Å². The number of amides is 2. The molecule has 2 amide bonds. The van der Waals surface area contributed by atoms with Crippen LogP contribution in [0.4, 0.5) is 4.79 Å². The zero-order valence-corrected chi connectivity index (χ0v) is 22.0. The number of primary amides is 1. The number of rotatable bonds is 11. The molecule has 0 saturated carbocycles. The van der Waals surface area contributed by atoms with Crippen LogP contribution in [0, 0.1) is 0 Å². The van der Waals surface area contributed by atoms with Gasteiger partial charge in [-0.3, -0.25) is 4.79 Å². The van der Waals surface area contributed by atoms with Crippen molar-refractivity contribution in [2.24, 2.45) is 5.73 Å². The minimum absolute atomic E-state index is 0.0716. The molecule has 0 radical (unpaired) electrons. The largest absolute Gasteiger partial charge is 0.494 e. The van der Waals surface area contributed by atoms with Gasteiger partial charge in [-0.1, -0.05) is 38.1 Å². The van der Waals surface area contributed by atoms with Gasteiger partial charge < -0.3 is 29.7 Å². The number of hydrogen-bond donors (Lipinski definition) is 2. The lowest BCUT2D eigenvalue weighted by atomic mass is 9.78. The molecule has 0 fully saturated rings. The van der Waals surface area contributed by atoms with E-state index in [0.29, 0.717) is 25.3 Å². The van der Waals surface area contributed by atoms with E-state index in [9.17, 15) is 9.59 Å². The van der Waals surface area contributed by atoms with Gasteiger partial charge in [0.25, 0.3) is 5.91 Å². The fourth-order valence-electron chi connectivity index (χ4n) is 3.50. The predicted molar refractivity (Wildman–Crippen MR) is 139 cm³/mol. The molecule has 9 nitrogen and oxygen atoms in total. The highest BCUT2D eigenvalue weighted by Crippen LogP contribution is 2.33. The quantitative estimate of drug-likeness (QED) is 0.349. The average molecular weight is 510 g/mol. The number of aromatic nitrogens is 1. The molecule has 3 rings (SSSR count). The van der Waals surface area contributed by atoms with Crippen LogP contribution < -0.4 is 20.5 Å². The number of carbonyl (C=O) groups is 2. The van der Waals surface area contributed by atoms with E-state index in [1.54, 1.807) is 0 Å². The second kappa shape index (κ2) is 11.8. The Morgan fingerprint density at radius 1 is 0.919 bits per heavy atom. The summed E-state index contributed by atoms with van der Waals surface area (Å²) in [5, 5.41) is 2.72. The SMILES string of the molecule is CC(C)(C)OC(=O)NCCCOc1ccc(C(C)(C)c2ccc(OCc3nc(C(N)=O)co3)cc2)cc1. The first-order valence-corrected chi connectivity index (χ1v) is 12.1. The normalized spacial score (nSPS) is 11.6. The molecule has 3 N–H and O–H groups in total. The van der Waals surface area contributed by atoms with Crippen molar-refractivity contribution in [2.45, 2.75) is 58.7 Å². The van der Waals surface area contributed by atoms with Crippen LogP contribution in [0.1, 0.15) is 68.5 Å². The summed E-state index contributed by atoms with van der Waals surface area (Å²) in [6.45, 7) is 10.8. The first-order chi connectivity index (χ1) is 17.4. The molecular formula is C28H35N3O6. The number of nitrogens with two attached hydrogens (primary N) is 1. The molecule has 0 aliphatic rings. The molecule has 0 aliphatic heterocycles. The van der Waals surface area contributed by atoms with Crippen LogP contribution >= 0.6 is 0 Å². The molecule has 0 atom stereocenters. The van der Waals surface area contributed by atoms with Crippen LogP contribution in [-0.2, 0) is 16.8 Å². The first-order valence-electron chi connectivity index (χ1n) is 12.1. The first kappa shape index (κ1) is 27.6. The predicted octanol–water partition coefficient (Wildman–Crippen LogP) is 4.97. The third kappa shape index (κ3) is 8.27. The molecule has 0 saturated heterocycles. The Kier molecular flexibility index (Phi) is 8.81. The summed E-state index contributed by atoms with van der Waals surface area (Å²) in [7, 11) is 0. The minimum atomic E-state index is -0.645. The third-order valence-corrected chi connectivity index (χ3v) is 5.58. The number of hydrogen-bond acceptors (Lipinski definition) is 7. The van der Waals surface area contributed by atoms with Gasteiger partial charge in [0.05, 0.1) is 6.61 Å². The lowest BCUT2D eigenvalue weighted by molar-refractivity contribution is 0.0525. The Morgan fingerprint density at radius 3 is 2.00 bits per heavy atom. The standard InChI is InChI=1S/C28H35N3O6/c1-27(2,3)37-26(33)30-15-6-16-34-21-11-7-19(8-12-21)28(4,5)20-9-13-22(14-10-20)35-18-24-31-23(17-36-24)25(29)32/h7-14,17H,6,15-16,18H2,1-5H3,(H2,29,32)(H,30,33). The van der Waals surface area contributed by atoms with Crippen LogP contribution in [0.2, 0.25) is 0 Å². The summed E-state index contributed by atoms with van der Waals surface area (Å²) < 4.78 is 21.9. The fraction of sp³-hybridized carbons (Fsp3) is 0.393. The number of ether oxygens (including phenoxy) is 3. The van der Waals surface area contributed by atoms with E-state index in [1.807, 2.05) is 57.2 Å². The van der Waals surface area contributed by atoms with Gasteiger partial charge >= 0.3 is 6.09 Å². The topological polar surface area (TPSA) is 126 Å². The molecule has 0 aliphatic carbocycles. The molecule has 1 heterocycles. The van der Waals surface area contributed by atoms with Crippen LogP contribution in [0.5, 0.6) is 11.5 Å². The zero-order chi connectivity index (χ0) is 27.1. The number of oxazole rings is 1. The number of nitrogens with zero attached hydrogens (tertiary/aromatic N) is 1. The zero-order valence-electron chi connectivity index (χ0n) is 22.0. The Balaban J connectivity index is 1.48. The van der Waals surface area contributed by atoms with Gasteiger partial charge in [-0.25, -0.2) is 9.78 Å². The van der Waals surface area contributed by atoms with Crippen LogP contribution in [-0.4, -0.2) is 35.7 Å². The Morgan fingerprint density at radius 2 is 1.49 bits per heavy atom. The van der Waals surface area contributed by atoms with Crippen molar-refractivity contribution in [3.63, 3.8) is 0 Å². The third-order valence-electron chi connectivity index (χ3n) is 5.58. The van der Waals surface area contributed by atoms with Crippen molar-refractivity contribution < 1.29 is 28.2 Å². The Labute approximate surface area is 217 Å². The molecular weight excluding hydrogens is 474 g/mol. The average Bonchev–Trinajstić information content (AvgIpc) is 3.32. The molecule has 37 heavy (non-hydrogen) atoms. The number of benzene rings is 2. The maximum Gasteiger partial charge on any atom is 0.407 e. The maximum absolute atomic E-state index is 11.7. The molecule has 9 heteroatoms. The lowest BCUT2D eigenvalue weighted by Crippen LogP contribution is -2.33. The fourth-order valence-corrected chi connectivity index (χ4v) is 3.50. The minimum Gasteiger partial charge on any atom is -0.494 e. The monoisotopic (exact) mass is 509 g/mol. The van der Waals surface area contributed by atoms with Gasteiger partial charge in [0.2, 0.25) is 5.89 Å². The Bertz CT molecular complexity index is 1180. The number of carbonyl (C=O) groups excluding carboxylic acids is 2. The van der Waals surface area contributed by atoms with Gasteiger partial charge in [0, 0.05) is 12.0 Å². The van der Waals surface area contributed by atoms with Crippen LogP contribution in [0.25, 0.3) is 0 Å². The molecule has 3 aromatic rings. The van der Waals surface area contributed by atoms with Crippen molar-refractivity contribution in [2.75, 3.05) is 13.2 Å². The summed E-state index contributed by atoms with van der Waals surface area (Å²) in [6, 6.07) is 15.8. The summed E-state index contributed by atoms with van der Waals surface area (Å²) in [5.74, 6) is 1.06. The summed E-state index contributed by atoms with van der Waals surface area (Å²) in [4.78, 5) is 26.8. The molecule has 1 aromatic heterocycles. The molecule has 0 unspecified atom stereocenters. The number of nitrogens with one attached hydrogen (secondary N) is 1. The maximum atomic E-state index is 11.7. The van der Waals surface area contributed by atoms with Crippen LogP contribution in [0.15, 0.2) is 59.2 Å². The highest BCUT2D eigenvalue weighted by Gasteiger charge is 2.23. The van der Waals surface area contributed by atoms with Gasteiger partial charge in [-0.05, 0) is 62.6 Å². The van der Waals surface area contributed by atoms with Gasteiger partial charge in [-0.2, -0.15) is 0 Å². The van der Waals surface area contributed by atoms with Crippen molar-refractivity contribution in [3.05, 3.63) is 77.5 Å². The lowest BCUT2D eigenvalue weighted by Gasteiger charge is -2.26. The number of alkyl carbamates (subject to hydrolysis) is 1. The van der Waals surface area contributed by atoms with E-state index < -0.39 is 17.6 Å². The van der Waals surface area contributed by atoms with Gasteiger partial charge in [-0.15, -0.1) is 0 Å².